The van der Waals surface area contributed by atoms with Crippen LogP contribution in [0, 0.1) is 0 Å². The average molecular weight is 286 g/mol. The smallest absolute Gasteiger partial charge is 0.171 e. The molecule has 0 saturated heterocycles. The zero-order valence-electron chi connectivity index (χ0n) is 13.9. The second kappa shape index (κ2) is 5.64. The predicted octanol–water partition coefficient (Wildman–Crippen LogP) is 4.53. The number of hydrogen-bond donors (Lipinski definition) is 1. The Bertz CT molecular complexity index is 583. The summed E-state index contributed by atoms with van der Waals surface area (Å²) in [6.07, 6.45) is 1.80. The van der Waals surface area contributed by atoms with E-state index >= 15 is 0 Å². The fourth-order valence-corrected chi connectivity index (χ4v) is 2.11. The van der Waals surface area contributed by atoms with Crippen LogP contribution >= 0.6 is 0 Å². The second-order valence-corrected chi connectivity index (χ2v) is 7.61. The molecule has 1 heterocycles. The first-order valence-corrected chi connectivity index (χ1v) is 7.46. The molecule has 1 N–H and O–H groups in total. The van der Waals surface area contributed by atoms with Crippen molar-refractivity contribution in [2.24, 2.45) is 0 Å². The third-order valence-electron chi connectivity index (χ3n) is 3.47. The van der Waals surface area contributed by atoms with Gasteiger partial charge in [0.15, 0.2) is 5.76 Å². The van der Waals surface area contributed by atoms with Crippen molar-refractivity contribution in [3.05, 3.63) is 41.6 Å². The molecule has 0 bridgehead atoms. The highest BCUT2D eigenvalue weighted by atomic mass is 16.5. The van der Waals surface area contributed by atoms with Gasteiger partial charge in [0.05, 0.1) is 6.20 Å². The van der Waals surface area contributed by atoms with Crippen molar-refractivity contribution in [1.29, 1.82) is 0 Å². The molecule has 1 aromatic carbocycles. The first-order chi connectivity index (χ1) is 9.67. The molecule has 0 aliphatic rings. The number of rotatable bonds is 3. The van der Waals surface area contributed by atoms with Gasteiger partial charge in [-0.2, -0.15) is 0 Å². The lowest BCUT2D eigenvalue weighted by Gasteiger charge is -2.20. The van der Waals surface area contributed by atoms with E-state index < -0.39 is 0 Å². The molecule has 1 aromatic heterocycles. The lowest BCUT2D eigenvalue weighted by Crippen LogP contribution is -2.35. The van der Waals surface area contributed by atoms with Gasteiger partial charge in [-0.15, -0.1) is 0 Å². The van der Waals surface area contributed by atoms with Crippen molar-refractivity contribution in [2.45, 2.75) is 59.0 Å². The number of aromatic nitrogens is 1. The minimum Gasteiger partial charge on any atom is -0.356 e. The van der Waals surface area contributed by atoms with E-state index in [1.807, 2.05) is 0 Å². The summed E-state index contributed by atoms with van der Waals surface area (Å²) in [4.78, 5) is 0. The molecule has 2 rings (SSSR count). The van der Waals surface area contributed by atoms with Gasteiger partial charge in [-0.1, -0.05) is 50.2 Å². The molecule has 3 nitrogen and oxygen atoms in total. The van der Waals surface area contributed by atoms with Gasteiger partial charge in [0.25, 0.3) is 0 Å². The second-order valence-electron chi connectivity index (χ2n) is 7.61. The average Bonchev–Trinajstić information content (AvgIpc) is 2.83. The standard InChI is InChI=1S/C18H26N2O/c1-17(2,3)15-9-7-13(8-10-15)16-14(12-20-21-16)11-19-18(4,5)6/h7-10,12,19H,11H2,1-6H3. The Morgan fingerprint density at radius 2 is 1.62 bits per heavy atom. The molecule has 0 radical (unpaired) electrons. The van der Waals surface area contributed by atoms with E-state index in [4.69, 9.17) is 4.52 Å². The largest absolute Gasteiger partial charge is 0.356 e. The SMILES string of the molecule is CC(C)(C)NCc1cnoc1-c1ccc(C(C)(C)C)cc1. The van der Waals surface area contributed by atoms with Crippen LogP contribution in [0.2, 0.25) is 0 Å². The highest BCUT2D eigenvalue weighted by Crippen LogP contribution is 2.28. The van der Waals surface area contributed by atoms with Gasteiger partial charge in [0.1, 0.15) is 0 Å². The van der Waals surface area contributed by atoms with E-state index in [0.717, 1.165) is 23.4 Å². The molecule has 0 atom stereocenters. The Kier molecular flexibility index (Phi) is 4.24. The first kappa shape index (κ1) is 15.8. The summed E-state index contributed by atoms with van der Waals surface area (Å²) in [5.41, 5.74) is 3.72. The van der Waals surface area contributed by atoms with Gasteiger partial charge in [-0.3, -0.25) is 0 Å². The van der Waals surface area contributed by atoms with Crippen LogP contribution < -0.4 is 5.32 Å². The van der Waals surface area contributed by atoms with Crippen molar-refractivity contribution in [2.75, 3.05) is 0 Å². The maximum atomic E-state index is 5.45. The molecule has 0 aliphatic carbocycles. The lowest BCUT2D eigenvalue weighted by molar-refractivity contribution is 0.418. The topological polar surface area (TPSA) is 38.1 Å². The molecule has 2 aromatic rings. The van der Waals surface area contributed by atoms with Crippen molar-refractivity contribution in [3.8, 4) is 11.3 Å². The van der Waals surface area contributed by atoms with E-state index in [9.17, 15) is 0 Å². The molecular formula is C18H26N2O. The van der Waals surface area contributed by atoms with Crippen molar-refractivity contribution < 1.29 is 4.52 Å². The van der Waals surface area contributed by atoms with Gasteiger partial charge in [-0.25, -0.2) is 0 Å². The molecule has 114 valence electrons. The molecule has 0 fully saturated rings. The highest BCUT2D eigenvalue weighted by molar-refractivity contribution is 5.61. The van der Waals surface area contributed by atoms with Crippen LogP contribution in [-0.2, 0) is 12.0 Å². The van der Waals surface area contributed by atoms with E-state index in [0.29, 0.717) is 0 Å². The Morgan fingerprint density at radius 1 is 1.00 bits per heavy atom. The Labute approximate surface area is 127 Å². The van der Waals surface area contributed by atoms with E-state index in [1.165, 1.54) is 5.56 Å². The minimum absolute atomic E-state index is 0.0740. The van der Waals surface area contributed by atoms with Crippen LogP contribution in [0.1, 0.15) is 52.7 Å². The summed E-state index contributed by atoms with van der Waals surface area (Å²) in [6, 6.07) is 8.56. The monoisotopic (exact) mass is 286 g/mol. The summed E-state index contributed by atoms with van der Waals surface area (Å²) in [6.45, 7) is 13.9. The summed E-state index contributed by atoms with van der Waals surface area (Å²) in [5.74, 6) is 0.854. The van der Waals surface area contributed by atoms with Crippen molar-refractivity contribution in [1.82, 2.24) is 10.5 Å². The van der Waals surface area contributed by atoms with Gasteiger partial charge in [0.2, 0.25) is 0 Å². The van der Waals surface area contributed by atoms with Crippen LogP contribution in [0.3, 0.4) is 0 Å². The maximum absolute atomic E-state index is 5.45. The Morgan fingerprint density at radius 3 is 2.14 bits per heavy atom. The maximum Gasteiger partial charge on any atom is 0.171 e. The summed E-state index contributed by atoms with van der Waals surface area (Å²) in [7, 11) is 0. The lowest BCUT2D eigenvalue weighted by atomic mass is 9.86. The molecule has 0 aliphatic heterocycles. The van der Waals surface area contributed by atoms with Crippen molar-refractivity contribution in [3.63, 3.8) is 0 Å². The normalized spacial score (nSPS) is 12.7. The molecule has 21 heavy (non-hydrogen) atoms. The Balaban J connectivity index is 2.21. The molecule has 3 heteroatoms. The number of benzene rings is 1. The molecule has 0 amide bonds. The molecule has 0 spiro atoms. The van der Waals surface area contributed by atoms with E-state index in [2.05, 4.69) is 76.3 Å². The van der Waals surface area contributed by atoms with Gasteiger partial charge < -0.3 is 9.84 Å². The third kappa shape index (κ3) is 4.18. The quantitative estimate of drug-likeness (QED) is 0.901. The fourth-order valence-electron chi connectivity index (χ4n) is 2.11. The first-order valence-electron chi connectivity index (χ1n) is 7.46. The van der Waals surface area contributed by atoms with E-state index in [-0.39, 0.29) is 11.0 Å². The summed E-state index contributed by atoms with van der Waals surface area (Å²) in [5, 5.41) is 7.43. The zero-order valence-corrected chi connectivity index (χ0v) is 13.9. The van der Waals surface area contributed by atoms with Crippen LogP contribution in [0.15, 0.2) is 35.0 Å². The molecule has 0 unspecified atom stereocenters. The van der Waals surface area contributed by atoms with Crippen LogP contribution in [0.4, 0.5) is 0 Å². The molecule has 0 saturated carbocycles. The molecular weight excluding hydrogens is 260 g/mol. The third-order valence-corrected chi connectivity index (χ3v) is 3.47. The van der Waals surface area contributed by atoms with Crippen LogP contribution in [-0.4, -0.2) is 10.7 Å². The predicted molar refractivity (Wildman–Crippen MR) is 87.2 cm³/mol. The zero-order chi connectivity index (χ0) is 15.7. The van der Waals surface area contributed by atoms with Crippen molar-refractivity contribution >= 4 is 0 Å². The van der Waals surface area contributed by atoms with E-state index in [1.54, 1.807) is 6.20 Å². The van der Waals surface area contributed by atoms with Gasteiger partial charge in [-0.05, 0) is 31.7 Å². The fraction of sp³-hybridized carbons (Fsp3) is 0.500. The van der Waals surface area contributed by atoms with Crippen LogP contribution in [0.25, 0.3) is 11.3 Å². The van der Waals surface area contributed by atoms with Gasteiger partial charge >= 0.3 is 0 Å². The number of nitrogens with one attached hydrogen (secondary N) is 1. The highest BCUT2D eigenvalue weighted by Gasteiger charge is 2.16. The summed E-state index contributed by atoms with van der Waals surface area (Å²) >= 11 is 0. The number of hydrogen-bond acceptors (Lipinski definition) is 3. The van der Waals surface area contributed by atoms with Crippen LogP contribution in [0.5, 0.6) is 0 Å². The van der Waals surface area contributed by atoms with Gasteiger partial charge in [0, 0.05) is 23.2 Å². The summed E-state index contributed by atoms with van der Waals surface area (Å²) < 4.78 is 5.45. The Hall–Kier alpha value is -1.61. The number of nitrogens with zero attached hydrogens (tertiary/aromatic N) is 1. The minimum atomic E-state index is 0.0740.